The number of hydrogen-bond acceptors (Lipinski definition) is 5. The Morgan fingerprint density at radius 3 is 2.46 bits per heavy atom. The molecule has 144 valence electrons. The van der Waals surface area contributed by atoms with Crippen LogP contribution in [0.2, 0.25) is 0 Å². The topological polar surface area (TPSA) is 58.9 Å². The number of ether oxygens (including phenoxy) is 1. The van der Waals surface area contributed by atoms with E-state index in [9.17, 15) is 14.5 Å². The molecule has 0 unspecified atom stereocenters. The molecule has 7 heteroatoms. The van der Waals surface area contributed by atoms with E-state index < -0.39 is 10.7 Å². The molecule has 26 heavy (non-hydrogen) atoms. The molecule has 2 saturated heterocycles. The van der Waals surface area contributed by atoms with Crippen LogP contribution in [-0.4, -0.2) is 54.8 Å². The van der Waals surface area contributed by atoms with Crippen molar-refractivity contribution >= 4 is 11.4 Å². The second-order valence-corrected chi connectivity index (χ2v) is 8.11. The molecule has 2 aliphatic rings. The lowest BCUT2D eigenvalue weighted by atomic mass is 9.79. The van der Waals surface area contributed by atoms with E-state index in [1.165, 1.54) is 18.2 Å². The fourth-order valence-electron chi connectivity index (χ4n) is 4.35. The molecular weight excluding hydrogens is 337 g/mol. The summed E-state index contributed by atoms with van der Waals surface area (Å²) in [6, 6.07) is 4.07. The van der Waals surface area contributed by atoms with Crippen molar-refractivity contribution in [2.75, 3.05) is 37.6 Å². The number of para-hydroxylation sites is 1. The number of nitro benzene ring substituents is 1. The van der Waals surface area contributed by atoms with E-state index in [1.807, 2.05) is 4.90 Å². The van der Waals surface area contributed by atoms with Crippen molar-refractivity contribution in [1.82, 2.24) is 4.90 Å². The summed E-state index contributed by atoms with van der Waals surface area (Å²) in [5.74, 6) is -0.515. The number of piperidine rings is 1. The molecule has 0 aliphatic carbocycles. The lowest BCUT2D eigenvalue weighted by Crippen LogP contribution is -2.51. The Kier molecular flexibility index (Phi) is 5.48. The third kappa shape index (κ3) is 4.15. The fourth-order valence-corrected chi connectivity index (χ4v) is 4.35. The smallest absolute Gasteiger partial charge is 0.295 e. The van der Waals surface area contributed by atoms with Crippen LogP contribution in [0.25, 0.3) is 0 Å². The van der Waals surface area contributed by atoms with E-state index in [0.717, 1.165) is 32.5 Å². The molecule has 0 N–H and O–H groups in total. The molecule has 2 aliphatic heterocycles. The van der Waals surface area contributed by atoms with E-state index in [-0.39, 0.29) is 29.0 Å². The quantitative estimate of drug-likeness (QED) is 0.604. The minimum absolute atomic E-state index is 0.132. The van der Waals surface area contributed by atoms with Gasteiger partial charge in [0, 0.05) is 38.8 Å². The van der Waals surface area contributed by atoms with Crippen LogP contribution in [0.4, 0.5) is 15.8 Å². The van der Waals surface area contributed by atoms with Crippen LogP contribution < -0.4 is 4.90 Å². The average molecular weight is 365 g/mol. The maximum absolute atomic E-state index is 14.3. The maximum Gasteiger partial charge on any atom is 0.295 e. The molecule has 0 bridgehead atoms. The van der Waals surface area contributed by atoms with Crippen LogP contribution in [-0.2, 0) is 4.74 Å². The van der Waals surface area contributed by atoms with Gasteiger partial charge >= 0.3 is 0 Å². The molecule has 1 aromatic rings. The van der Waals surface area contributed by atoms with Crippen molar-refractivity contribution in [2.45, 2.75) is 45.8 Å². The number of halogens is 1. The van der Waals surface area contributed by atoms with Crippen molar-refractivity contribution in [1.29, 1.82) is 0 Å². The SMILES string of the molecule is C[C@@H]1CN(CC2(C)CCN(c3c(F)cccc3[N+](=O)[O-])CC2)C[C@H](C)O1. The third-order valence-electron chi connectivity index (χ3n) is 5.55. The Labute approximate surface area is 154 Å². The Hall–Kier alpha value is -1.73. The Balaban J connectivity index is 1.67. The Morgan fingerprint density at radius 1 is 1.27 bits per heavy atom. The van der Waals surface area contributed by atoms with E-state index >= 15 is 0 Å². The summed E-state index contributed by atoms with van der Waals surface area (Å²) in [5, 5.41) is 11.3. The molecule has 6 nitrogen and oxygen atoms in total. The number of nitrogens with zero attached hydrogens (tertiary/aromatic N) is 3. The molecule has 2 heterocycles. The minimum Gasteiger partial charge on any atom is -0.373 e. The highest BCUT2D eigenvalue weighted by Crippen LogP contribution is 2.38. The summed E-state index contributed by atoms with van der Waals surface area (Å²) < 4.78 is 20.1. The molecule has 0 amide bonds. The van der Waals surface area contributed by atoms with Gasteiger partial charge in [0.2, 0.25) is 0 Å². The van der Waals surface area contributed by atoms with Gasteiger partial charge in [-0.1, -0.05) is 13.0 Å². The van der Waals surface area contributed by atoms with Crippen LogP contribution in [0.5, 0.6) is 0 Å². The van der Waals surface area contributed by atoms with Gasteiger partial charge in [-0.05, 0) is 38.2 Å². The summed E-state index contributed by atoms with van der Waals surface area (Å²) >= 11 is 0. The van der Waals surface area contributed by atoms with Crippen molar-refractivity contribution in [2.24, 2.45) is 5.41 Å². The zero-order chi connectivity index (χ0) is 18.9. The van der Waals surface area contributed by atoms with Crippen LogP contribution in [0.3, 0.4) is 0 Å². The Bertz CT molecular complexity index is 651. The first-order valence-corrected chi connectivity index (χ1v) is 9.33. The minimum atomic E-state index is -0.515. The zero-order valence-electron chi connectivity index (χ0n) is 15.8. The highest BCUT2D eigenvalue weighted by Gasteiger charge is 2.36. The lowest BCUT2D eigenvalue weighted by molar-refractivity contribution is -0.384. The van der Waals surface area contributed by atoms with Gasteiger partial charge in [-0.3, -0.25) is 15.0 Å². The zero-order valence-corrected chi connectivity index (χ0v) is 15.8. The monoisotopic (exact) mass is 365 g/mol. The summed E-state index contributed by atoms with van der Waals surface area (Å²) in [7, 11) is 0. The second kappa shape index (κ2) is 7.48. The molecule has 1 aromatic carbocycles. The van der Waals surface area contributed by atoms with Gasteiger partial charge < -0.3 is 9.64 Å². The number of benzene rings is 1. The first-order chi connectivity index (χ1) is 12.3. The van der Waals surface area contributed by atoms with Gasteiger partial charge in [-0.15, -0.1) is 0 Å². The predicted octanol–water partition coefficient (Wildman–Crippen LogP) is 3.45. The van der Waals surface area contributed by atoms with Crippen LogP contribution >= 0.6 is 0 Å². The number of anilines is 1. The number of hydrogen-bond donors (Lipinski definition) is 0. The highest BCUT2D eigenvalue weighted by molar-refractivity contribution is 5.64. The van der Waals surface area contributed by atoms with Gasteiger partial charge in [0.25, 0.3) is 5.69 Å². The van der Waals surface area contributed by atoms with E-state index in [4.69, 9.17) is 4.74 Å². The van der Waals surface area contributed by atoms with E-state index in [1.54, 1.807) is 0 Å². The molecule has 2 fully saturated rings. The summed E-state index contributed by atoms with van der Waals surface area (Å²) in [6.07, 6.45) is 2.25. The number of rotatable bonds is 4. The first kappa shape index (κ1) is 19.0. The largest absolute Gasteiger partial charge is 0.373 e. The van der Waals surface area contributed by atoms with Gasteiger partial charge in [0.1, 0.15) is 0 Å². The molecular formula is C19H28FN3O3. The van der Waals surface area contributed by atoms with E-state index in [0.29, 0.717) is 13.1 Å². The lowest BCUT2D eigenvalue weighted by Gasteiger charge is -2.45. The summed E-state index contributed by atoms with van der Waals surface area (Å²) in [6.45, 7) is 10.6. The molecule has 0 spiro atoms. The van der Waals surface area contributed by atoms with E-state index in [2.05, 4.69) is 25.7 Å². The molecule has 0 aromatic heterocycles. The summed E-state index contributed by atoms with van der Waals surface area (Å²) in [5.41, 5.74) is 0.116. The van der Waals surface area contributed by atoms with Gasteiger partial charge in [-0.25, -0.2) is 4.39 Å². The molecule has 0 radical (unpaired) electrons. The number of morpholine rings is 1. The van der Waals surface area contributed by atoms with Gasteiger partial charge in [0.05, 0.1) is 17.1 Å². The molecule has 2 atom stereocenters. The van der Waals surface area contributed by atoms with Crippen LogP contribution in [0.15, 0.2) is 18.2 Å². The first-order valence-electron chi connectivity index (χ1n) is 9.33. The van der Waals surface area contributed by atoms with Crippen molar-refractivity contribution < 1.29 is 14.1 Å². The van der Waals surface area contributed by atoms with Gasteiger partial charge in [0.15, 0.2) is 11.5 Å². The summed E-state index contributed by atoms with van der Waals surface area (Å²) in [4.78, 5) is 15.1. The standard InChI is InChI=1S/C19H28FN3O3/c1-14-11-21(12-15(2)26-14)13-19(3)7-9-22(10-8-19)18-16(20)5-4-6-17(18)23(24)25/h4-6,14-15H,7-13H2,1-3H3/t14-,15+. The highest BCUT2D eigenvalue weighted by atomic mass is 19.1. The third-order valence-corrected chi connectivity index (χ3v) is 5.55. The second-order valence-electron chi connectivity index (χ2n) is 8.11. The van der Waals surface area contributed by atoms with Crippen molar-refractivity contribution in [3.63, 3.8) is 0 Å². The van der Waals surface area contributed by atoms with Gasteiger partial charge in [-0.2, -0.15) is 0 Å². The molecule has 0 saturated carbocycles. The average Bonchev–Trinajstić information content (AvgIpc) is 2.54. The predicted molar refractivity (Wildman–Crippen MR) is 99.1 cm³/mol. The molecule has 3 rings (SSSR count). The normalized spacial score (nSPS) is 26.7. The maximum atomic E-state index is 14.3. The van der Waals surface area contributed by atoms with Crippen LogP contribution in [0.1, 0.15) is 33.6 Å². The van der Waals surface area contributed by atoms with Crippen LogP contribution in [0, 0.1) is 21.3 Å². The van der Waals surface area contributed by atoms with Crippen molar-refractivity contribution in [3.8, 4) is 0 Å². The Morgan fingerprint density at radius 2 is 1.88 bits per heavy atom. The van der Waals surface area contributed by atoms with Crippen molar-refractivity contribution in [3.05, 3.63) is 34.1 Å². The fraction of sp³-hybridized carbons (Fsp3) is 0.684. The number of nitro groups is 1.